The predicted molar refractivity (Wildman–Crippen MR) is 94.1 cm³/mol. The van der Waals surface area contributed by atoms with Crippen molar-refractivity contribution in [1.29, 1.82) is 0 Å². The van der Waals surface area contributed by atoms with Crippen LogP contribution in [0.2, 0.25) is 5.02 Å². The zero-order chi connectivity index (χ0) is 18.9. The van der Waals surface area contributed by atoms with Crippen molar-refractivity contribution in [3.8, 4) is 0 Å². The molecule has 26 heavy (non-hydrogen) atoms. The van der Waals surface area contributed by atoms with Gasteiger partial charge in [-0.1, -0.05) is 11.6 Å². The molecule has 1 fully saturated rings. The van der Waals surface area contributed by atoms with Gasteiger partial charge in [-0.2, -0.15) is 13.2 Å². The molecule has 1 saturated heterocycles. The number of rotatable bonds is 4. The lowest BCUT2D eigenvalue weighted by atomic mass is 10.1. The van der Waals surface area contributed by atoms with Crippen LogP contribution in [0.3, 0.4) is 0 Å². The Labute approximate surface area is 157 Å². The predicted octanol–water partition coefficient (Wildman–Crippen LogP) is 3.76. The van der Waals surface area contributed by atoms with Crippen molar-refractivity contribution in [2.45, 2.75) is 30.0 Å². The number of hydrogen-bond acceptors (Lipinski definition) is 5. The van der Waals surface area contributed by atoms with Crippen molar-refractivity contribution >= 4 is 38.1 Å². The Bertz CT molecular complexity index is 865. The van der Waals surface area contributed by atoms with Gasteiger partial charge in [0.1, 0.15) is 0 Å². The summed E-state index contributed by atoms with van der Waals surface area (Å²) < 4.78 is 66.2. The fourth-order valence-electron chi connectivity index (χ4n) is 2.74. The number of nitrogens with zero attached hydrogens (tertiary/aromatic N) is 2. The first kappa shape index (κ1) is 19.4. The first-order valence-electron chi connectivity index (χ1n) is 7.70. The van der Waals surface area contributed by atoms with Crippen LogP contribution < -0.4 is 9.62 Å². The lowest BCUT2D eigenvalue weighted by Gasteiger charge is -2.32. The monoisotopic (exact) mass is 425 g/mol. The van der Waals surface area contributed by atoms with Gasteiger partial charge in [0.25, 0.3) is 0 Å². The second kappa shape index (κ2) is 7.34. The van der Waals surface area contributed by atoms with Gasteiger partial charge in [-0.3, -0.25) is 0 Å². The molecule has 0 unspecified atom stereocenters. The van der Waals surface area contributed by atoms with Crippen LogP contribution in [-0.4, -0.2) is 32.5 Å². The third kappa shape index (κ3) is 4.30. The molecule has 2 aromatic rings. The molecule has 1 aliphatic rings. The van der Waals surface area contributed by atoms with E-state index in [0.717, 1.165) is 17.3 Å². The zero-order valence-corrected chi connectivity index (χ0v) is 15.7. The summed E-state index contributed by atoms with van der Waals surface area (Å²) in [5, 5.41) is 2.20. The molecule has 1 aromatic carbocycles. The van der Waals surface area contributed by atoms with E-state index in [0.29, 0.717) is 32.0 Å². The van der Waals surface area contributed by atoms with E-state index in [-0.39, 0.29) is 6.04 Å². The molecule has 3 rings (SSSR count). The summed E-state index contributed by atoms with van der Waals surface area (Å²) in [4.78, 5) is 5.82. The van der Waals surface area contributed by atoms with E-state index in [1.807, 2.05) is 5.38 Å². The van der Waals surface area contributed by atoms with Gasteiger partial charge in [0.15, 0.2) is 5.13 Å². The number of thiazole rings is 1. The van der Waals surface area contributed by atoms with Crippen molar-refractivity contribution in [2.75, 3.05) is 18.0 Å². The second-order valence-corrected chi connectivity index (χ2v) is 8.83. The highest BCUT2D eigenvalue weighted by Crippen LogP contribution is 2.36. The molecule has 11 heteroatoms. The molecule has 2 heterocycles. The lowest BCUT2D eigenvalue weighted by molar-refractivity contribution is -0.137. The van der Waals surface area contributed by atoms with E-state index in [4.69, 9.17) is 11.6 Å². The molecular formula is C15H15ClF3N3O2S2. The molecule has 0 atom stereocenters. The van der Waals surface area contributed by atoms with Crippen molar-refractivity contribution < 1.29 is 21.6 Å². The number of alkyl halides is 3. The Balaban J connectivity index is 1.70. The van der Waals surface area contributed by atoms with Gasteiger partial charge in [-0.25, -0.2) is 18.1 Å². The smallest absolute Gasteiger partial charge is 0.348 e. The fraction of sp³-hybridized carbons (Fsp3) is 0.400. The second-order valence-electron chi connectivity index (χ2n) is 5.84. The topological polar surface area (TPSA) is 62.3 Å². The first-order valence-corrected chi connectivity index (χ1v) is 10.4. The average molecular weight is 426 g/mol. The molecule has 1 aromatic heterocycles. The van der Waals surface area contributed by atoms with Crippen molar-refractivity contribution in [2.24, 2.45) is 0 Å². The number of sulfonamides is 1. The van der Waals surface area contributed by atoms with Crippen LogP contribution in [0.5, 0.6) is 0 Å². The van der Waals surface area contributed by atoms with Crippen LogP contribution >= 0.6 is 22.9 Å². The van der Waals surface area contributed by atoms with E-state index in [2.05, 4.69) is 14.6 Å². The quantitative estimate of drug-likeness (QED) is 0.810. The normalized spacial score (nSPS) is 16.8. The van der Waals surface area contributed by atoms with Crippen LogP contribution in [-0.2, 0) is 16.2 Å². The summed E-state index contributed by atoms with van der Waals surface area (Å²) in [5.41, 5.74) is -1.17. The Morgan fingerprint density at radius 2 is 1.96 bits per heavy atom. The zero-order valence-electron chi connectivity index (χ0n) is 13.3. The third-order valence-corrected chi connectivity index (χ3v) is 6.74. The molecule has 5 nitrogen and oxygen atoms in total. The van der Waals surface area contributed by atoms with Gasteiger partial charge in [0.05, 0.1) is 15.5 Å². The molecule has 1 aliphatic heterocycles. The Morgan fingerprint density at radius 3 is 2.54 bits per heavy atom. The Kier molecular flexibility index (Phi) is 5.48. The maximum atomic E-state index is 12.9. The van der Waals surface area contributed by atoms with E-state index < -0.39 is 31.7 Å². The minimum atomic E-state index is -4.72. The molecule has 1 N–H and O–H groups in total. The van der Waals surface area contributed by atoms with Crippen LogP contribution in [0.15, 0.2) is 34.7 Å². The van der Waals surface area contributed by atoms with Crippen molar-refractivity contribution in [3.63, 3.8) is 0 Å². The average Bonchev–Trinajstić information content (AvgIpc) is 3.09. The first-order chi connectivity index (χ1) is 12.2. The van der Waals surface area contributed by atoms with E-state index >= 15 is 0 Å². The molecule has 0 amide bonds. The van der Waals surface area contributed by atoms with Crippen LogP contribution in [0.4, 0.5) is 18.3 Å². The van der Waals surface area contributed by atoms with Crippen LogP contribution in [0, 0.1) is 0 Å². The molecule has 0 radical (unpaired) electrons. The number of anilines is 1. The number of piperidine rings is 1. The van der Waals surface area contributed by atoms with E-state index in [1.54, 1.807) is 6.20 Å². The third-order valence-electron chi connectivity index (χ3n) is 4.06. The number of nitrogens with one attached hydrogen (secondary N) is 1. The molecule has 0 bridgehead atoms. The standard InChI is InChI=1S/C15H15ClF3N3O2S2/c16-13-2-1-11(9-12(13)15(17,18)19)26(23,24)21-10-3-6-22(7-4-10)14-20-5-8-25-14/h1-2,5,8-10,21H,3-4,6-7H2. The van der Waals surface area contributed by atoms with E-state index in [9.17, 15) is 21.6 Å². The number of hydrogen-bond donors (Lipinski definition) is 1. The fourth-order valence-corrected chi connectivity index (χ4v) is 4.99. The molecule has 142 valence electrons. The minimum absolute atomic E-state index is 0.346. The number of benzene rings is 1. The molecular weight excluding hydrogens is 411 g/mol. The summed E-state index contributed by atoms with van der Waals surface area (Å²) >= 11 is 7.05. The van der Waals surface area contributed by atoms with Crippen molar-refractivity contribution in [1.82, 2.24) is 9.71 Å². The highest BCUT2D eigenvalue weighted by molar-refractivity contribution is 7.89. The summed E-state index contributed by atoms with van der Waals surface area (Å²) in [7, 11) is -4.07. The largest absolute Gasteiger partial charge is 0.417 e. The van der Waals surface area contributed by atoms with Gasteiger partial charge in [-0.05, 0) is 31.0 Å². The summed E-state index contributed by atoms with van der Waals surface area (Å²) in [6, 6.07) is 2.24. The Morgan fingerprint density at radius 1 is 1.27 bits per heavy atom. The SMILES string of the molecule is O=S(=O)(NC1CCN(c2nccs2)CC1)c1ccc(Cl)c(C(F)(F)F)c1. The van der Waals surface area contributed by atoms with Crippen molar-refractivity contribution in [3.05, 3.63) is 40.4 Å². The van der Waals surface area contributed by atoms with Crippen LogP contribution in [0.1, 0.15) is 18.4 Å². The van der Waals surface area contributed by atoms with Gasteiger partial charge >= 0.3 is 6.18 Å². The molecule has 0 spiro atoms. The maximum absolute atomic E-state index is 12.9. The van der Waals surface area contributed by atoms with Gasteiger partial charge in [-0.15, -0.1) is 11.3 Å². The minimum Gasteiger partial charge on any atom is -0.348 e. The van der Waals surface area contributed by atoms with Gasteiger partial charge in [0, 0.05) is 30.7 Å². The summed E-state index contributed by atoms with van der Waals surface area (Å²) in [6.07, 6.45) is -1.94. The Hall–Kier alpha value is -1.36. The van der Waals surface area contributed by atoms with Gasteiger partial charge in [0.2, 0.25) is 10.0 Å². The molecule has 0 aliphatic carbocycles. The van der Waals surface area contributed by atoms with E-state index in [1.165, 1.54) is 11.3 Å². The summed E-state index contributed by atoms with van der Waals surface area (Å²) in [5.74, 6) is 0. The lowest BCUT2D eigenvalue weighted by Crippen LogP contribution is -2.44. The maximum Gasteiger partial charge on any atom is 0.417 e. The van der Waals surface area contributed by atoms with Crippen LogP contribution in [0.25, 0.3) is 0 Å². The highest BCUT2D eigenvalue weighted by Gasteiger charge is 2.35. The number of halogens is 4. The summed E-state index contributed by atoms with van der Waals surface area (Å²) in [6.45, 7) is 1.24. The highest BCUT2D eigenvalue weighted by atomic mass is 35.5. The van der Waals surface area contributed by atoms with Gasteiger partial charge < -0.3 is 4.90 Å². The number of aromatic nitrogens is 1. The molecule has 0 saturated carbocycles.